The maximum absolute atomic E-state index is 13.5. The third-order valence-electron chi connectivity index (χ3n) is 9.53. The lowest BCUT2D eigenvalue weighted by molar-refractivity contribution is -0.135. The van der Waals surface area contributed by atoms with Gasteiger partial charge < -0.3 is 14.5 Å². The van der Waals surface area contributed by atoms with Crippen LogP contribution in [0.1, 0.15) is 82.1 Å². The average Bonchev–Trinajstić information content (AvgIpc) is 3.63. The van der Waals surface area contributed by atoms with Gasteiger partial charge in [0.1, 0.15) is 0 Å². The Morgan fingerprint density at radius 3 is 2.22 bits per heavy atom. The molecule has 1 aromatic rings. The molecule has 36 heavy (non-hydrogen) atoms. The van der Waals surface area contributed by atoms with Gasteiger partial charge in [-0.2, -0.15) is 0 Å². The van der Waals surface area contributed by atoms with Gasteiger partial charge in [-0.1, -0.05) is 62.4 Å². The van der Waals surface area contributed by atoms with Crippen LogP contribution in [-0.2, 0) is 9.53 Å². The molecule has 0 unspecified atom stereocenters. The minimum atomic E-state index is -0.160. The van der Waals surface area contributed by atoms with Gasteiger partial charge in [-0.3, -0.25) is 9.69 Å². The molecule has 1 aromatic carbocycles. The zero-order valence-corrected chi connectivity index (χ0v) is 22.2. The first kappa shape index (κ1) is 25.6. The number of carbonyl (C=O) groups excluding carboxylic acids is 2. The quantitative estimate of drug-likeness (QED) is 0.539. The van der Waals surface area contributed by atoms with Crippen LogP contribution < -0.4 is 0 Å². The summed E-state index contributed by atoms with van der Waals surface area (Å²) in [5, 5.41) is 0. The predicted octanol–water partition coefficient (Wildman–Crippen LogP) is 5.28. The summed E-state index contributed by atoms with van der Waals surface area (Å²) in [5.74, 6) is 1.59. The van der Waals surface area contributed by atoms with E-state index in [4.69, 9.17) is 4.74 Å². The molecule has 2 aliphatic heterocycles. The number of piperidine rings is 1. The fourth-order valence-electron chi connectivity index (χ4n) is 7.46. The number of ether oxygens (including phenoxy) is 1. The Morgan fingerprint density at radius 1 is 0.889 bits per heavy atom. The topological polar surface area (TPSA) is 53.1 Å². The van der Waals surface area contributed by atoms with Crippen molar-refractivity contribution < 1.29 is 14.3 Å². The molecular weight excluding hydrogens is 450 g/mol. The summed E-state index contributed by atoms with van der Waals surface area (Å²) in [6.45, 7) is 4.46. The maximum Gasteiger partial charge on any atom is 0.409 e. The zero-order valence-electron chi connectivity index (χ0n) is 22.2. The van der Waals surface area contributed by atoms with E-state index in [1.54, 1.807) is 0 Å². The Balaban J connectivity index is 1.26. The van der Waals surface area contributed by atoms with E-state index in [0.717, 1.165) is 58.4 Å². The van der Waals surface area contributed by atoms with Crippen molar-refractivity contribution in [2.24, 2.45) is 11.8 Å². The van der Waals surface area contributed by atoms with Crippen molar-refractivity contribution in [1.82, 2.24) is 14.7 Å². The molecule has 0 spiro atoms. The third kappa shape index (κ3) is 5.74. The van der Waals surface area contributed by atoms with Crippen LogP contribution in [-0.4, -0.2) is 78.6 Å². The summed E-state index contributed by atoms with van der Waals surface area (Å²) >= 11 is 0. The van der Waals surface area contributed by atoms with Crippen molar-refractivity contribution in [2.75, 3.05) is 39.8 Å². The van der Waals surface area contributed by atoms with Crippen molar-refractivity contribution >= 4 is 12.0 Å². The fourth-order valence-corrected chi connectivity index (χ4v) is 7.46. The molecule has 0 bridgehead atoms. The minimum Gasteiger partial charge on any atom is -0.453 e. The standard InChI is InChI=1S/C30H45N3O3/c1-36-30(35)33(20-23-10-8-9-11-23)26-16-18-31(19-17-26)28-22-32(29(34)25-14-6-3-7-15-25)21-27(28)24-12-4-2-5-13-24/h2,4-5,12-13,23,25-28H,3,6-11,14-22H2,1H3/t27-,28+/m0/s1. The van der Waals surface area contributed by atoms with Crippen LogP contribution >= 0.6 is 0 Å². The molecule has 4 aliphatic rings. The number of hydrogen-bond donors (Lipinski definition) is 0. The lowest BCUT2D eigenvalue weighted by Crippen LogP contribution is -2.52. The Labute approximate surface area is 217 Å². The highest BCUT2D eigenvalue weighted by Gasteiger charge is 2.42. The van der Waals surface area contributed by atoms with Gasteiger partial charge in [-0.25, -0.2) is 4.79 Å². The number of likely N-dealkylation sites (tertiary alicyclic amines) is 2. The van der Waals surface area contributed by atoms with E-state index in [1.165, 1.54) is 57.6 Å². The summed E-state index contributed by atoms with van der Waals surface area (Å²) in [5.41, 5.74) is 1.35. The minimum absolute atomic E-state index is 0.160. The second kappa shape index (κ2) is 12.0. The first-order valence-electron chi connectivity index (χ1n) is 14.6. The number of amides is 2. The van der Waals surface area contributed by atoms with E-state index in [0.29, 0.717) is 23.8 Å². The van der Waals surface area contributed by atoms with Crippen molar-refractivity contribution in [3.05, 3.63) is 35.9 Å². The summed E-state index contributed by atoms with van der Waals surface area (Å²) in [6, 6.07) is 11.4. The van der Waals surface area contributed by atoms with Gasteiger partial charge >= 0.3 is 6.09 Å². The van der Waals surface area contributed by atoms with Gasteiger partial charge in [-0.05, 0) is 50.0 Å². The molecule has 2 saturated heterocycles. The number of rotatable bonds is 6. The van der Waals surface area contributed by atoms with Crippen molar-refractivity contribution in [2.45, 2.75) is 88.6 Å². The number of nitrogens with zero attached hydrogens (tertiary/aromatic N) is 3. The first-order valence-corrected chi connectivity index (χ1v) is 14.6. The Morgan fingerprint density at radius 2 is 1.56 bits per heavy atom. The molecule has 6 heteroatoms. The maximum atomic E-state index is 13.5. The molecule has 5 rings (SSSR count). The molecule has 2 saturated carbocycles. The van der Waals surface area contributed by atoms with Crippen LogP contribution in [0.4, 0.5) is 4.79 Å². The van der Waals surface area contributed by atoms with Crippen LogP contribution in [0.3, 0.4) is 0 Å². The molecule has 4 fully saturated rings. The highest BCUT2D eigenvalue weighted by molar-refractivity contribution is 5.79. The summed E-state index contributed by atoms with van der Waals surface area (Å²) in [7, 11) is 1.51. The largest absolute Gasteiger partial charge is 0.453 e. The van der Waals surface area contributed by atoms with Crippen LogP contribution in [0.5, 0.6) is 0 Å². The van der Waals surface area contributed by atoms with Crippen LogP contribution in [0, 0.1) is 11.8 Å². The van der Waals surface area contributed by atoms with E-state index in [9.17, 15) is 9.59 Å². The molecule has 0 radical (unpaired) electrons. The van der Waals surface area contributed by atoms with Crippen LogP contribution in [0.15, 0.2) is 30.3 Å². The van der Waals surface area contributed by atoms with E-state index in [2.05, 4.69) is 40.1 Å². The SMILES string of the molecule is COC(=O)N(CC1CCCC1)C1CCN([C@@H]2CN(C(=O)C3CCCCC3)C[C@H]2c2ccccc2)CC1. The third-order valence-corrected chi connectivity index (χ3v) is 9.53. The Hall–Kier alpha value is -2.08. The van der Waals surface area contributed by atoms with Gasteiger partial charge in [0.25, 0.3) is 0 Å². The monoisotopic (exact) mass is 495 g/mol. The fraction of sp³-hybridized carbons (Fsp3) is 0.733. The van der Waals surface area contributed by atoms with E-state index in [1.807, 2.05) is 4.90 Å². The molecule has 2 amide bonds. The normalized spacial score (nSPS) is 26.9. The van der Waals surface area contributed by atoms with Gasteiger partial charge in [0, 0.05) is 56.6 Å². The van der Waals surface area contributed by atoms with Gasteiger partial charge in [-0.15, -0.1) is 0 Å². The van der Waals surface area contributed by atoms with Gasteiger partial charge in [0.15, 0.2) is 0 Å². The molecule has 198 valence electrons. The first-order chi connectivity index (χ1) is 17.6. The predicted molar refractivity (Wildman–Crippen MR) is 142 cm³/mol. The van der Waals surface area contributed by atoms with Gasteiger partial charge in [0.2, 0.25) is 5.91 Å². The van der Waals surface area contributed by atoms with Crippen molar-refractivity contribution in [3.8, 4) is 0 Å². The summed E-state index contributed by atoms with van der Waals surface area (Å²) in [6.07, 6.45) is 12.6. The Bertz CT molecular complexity index is 857. The van der Waals surface area contributed by atoms with Crippen LogP contribution in [0.2, 0.25) is 0 Å². The lowest BCUT2D eigenvalue weighted by atomic mass is 9.88. The number of hydrogen-bond acceptors (Lipinski definition) is 4. The highest BCUT2D eigenvalue weighted by Crippen LogP contribution is 2.36. The number of methoxy groups -OCH3 is 1. The highest BCUT2D eigenvalue weighted by atomic mass is 16.5. The molecule has 2 heterocycles. The second-order valence-corrected chi connectivity index (χ2v) is 11.7. The molecule has 0 N–H and O–H groups in total. The van der Waals surface area contributed by atoms with Crippen LogP contribution in [0.25, 0.3) is 0 Å². The number of carbonyl (C=O) groups is 2. The second-order valence-electron chi connectivity index (χ2n) is 11.7. The van der Waals surface area contributed by atoms with E-state index < -0.39 is 0 Å². The molecular formula is C30H45N3O3. The zero-order chi connectivity index (χ0) is 24.9. The smallest absolute Gasteiger partial charge is 0.409 e. The van der Waals surface area contributed by atoms with E-state index >= 15 is 0 Å². The molecule has 0 aromatic heterocycles. The summed E-state index contributed by atoms with van der Waals surface area (Å²) < 4.78 is 5.20. The van der Waals surface area contributed by atoms with Gasteiger partial charge in [0.05, 0.1) is 7.11 Å². The van der Waals surface area contributed by atoms with Crippen molar-refractivity contribution in [1.29, 1.82) is 0 Å². The average molecular weight is 496 g/mol. The number of benzene rings is 1. The Kier molecular flexibility index (Phi) is 8.51. The molecule has 2 atom stereocenters. The van der Waals surface area contributed by atoms with E-state index in [-0.39, 0.29) is 18.1 Å². The molecule has 2 aliphatic carbocycles. The summed E-state index contributed by atoms with van der Waals surface area (Å²) in [4.78, 5) is 33.0. The molecule has 6 nitrogen and oxygen atoms in total. The lowest BCUT2D eigenvalue weighted by Gasteiger charge is -2.42. The van der Waals surface area contributed by atoms with Crippen molar-refractivity contribution in [3.63, 3.8) is 0 Å².